The Morgan fingerprint density at radius 3 is 2.70 bits per heavy atom. The van der Waals surface area contributed by atoms with Crippen LogP contribution in [0.5, 0.6) is 5.75 Å². The maximum absolute atomic E-state index is 12.4. The highest BCUT2D eigenvalue weighted by molar-refractivity contribution is 6.02. The van der Waals surface area contributed by atoms with Crippen LogP contribution in [0.4, 0.5) is 5.69 Å². The molecule has 0 saturated heterocycles. The molecule has 4 N–H and O–H groups in total. The Bertz CT molecular complexity index is 447. The van der Waals surface area contributed by atoms with E-state index in [9.17, 15) is 4.79 Å². The topological polar surface area (TPSA) is 84.6 Å². The van der Waals surface area contributed by atoms with Crippen LogP contribution in [0.1, 0.15) is 37.6 Å². The zero-order chi connectivity index (χ0) is 15.1. The number of aliphatic hydroxyl groups excluding tert-OH is 1. The van der Waals surface area contributed by atoms with Gasteiger partial charge in [0, 0.05) is 18.3 Å². The van der Waals surface area contributed by atoms with Crippen molar-refractivity contribution in [1.29, 1.82) is 0 Å². The normalized spacial score (nSPS) is 12.2. The minimum absolute atomic E-state index is 0.0334. The molecule has 20 heavy (non-hydrogen) atoms. The van der Waals surface area contributed by atoms with Crippen molar-refractivity contribution in [1.82, 2.24) is 5.32 Å². The zero-order valence-corrected chi connectivity index (χ0v) is 12.3. The van der Waals surface area contributed by atoms with Crippen LogP contribution in [0.2, 0.25) is 0 Å². The van der Waals surface area contributed by atoms with Crippen LogP contribution in [0.15, 0.2) is 18.2 Å². The highest BCUT2D eigenvalue weighted by atomic mass is 16.5. The fourth-order valence-corrected chi connectivity index (χ4v) is 2.02. The maximum Gasteiger partial charge on any atom is 0.257 e. The molecule has 1 amide bonds. The molecule has 1 unspecified atom stereocenters. The first kappa shape index (κ1) is 16.3. The number of carbonyl (C=O) groups excluding carboxylic acids is 1. The number of nitrogens with two attached hydrogens (primary N) is 1. The van der Waals surface area contributed by atoms with Crippen LogP contribution in [0.3, 0.4) is 0 Å². The fourth-order valence-electron chi connectivity index (χ4n) is 2.02. The van der Waals surface area contributed by atoms with E-state index >= 15 is 0 Å². The van der Waals surface area contributed by atoms with Crippen molar-refractivity contribution in [3.8, 4) is 5.75 Å². The van der Waals surface area contributed by atoms with Crippen molar-refractivity contribution in [3.63, 3.8) is 0 Å². The lowest BCUT2D eigenvalue weighted by Gasteiger charge is -2.22. The number of benzene rings is 1. The van der Waals surface area contributed by atoms with Gasteiger partial charge in [0.2, 0.25) is 0 Å². The van der Waals surface area contributed by atoms with E-state index in [1.54, 1.807) is 18.2 Å². The van der Waals surface area contributed by atoms with Crippen LogP contribution in [-0.2, 0) is 0 Å². The number of nitrogen functional groups attached to an aromatic ring is 1. The molecule has 5 nitrogen and oxygen atoms in total. The first-order valence-electron chi connectivity index (χ1n) is 6.94. The molecule has 1 aromatic carbocycles. The summed E-state index contributed by atoms with van der Waals surface area (Å²) in [6, 6.07) is 5.06. The molecule has 0 bridgehead atoms. The van der Waals surface area contributed by atoms with E-state index in [1.807, 2.05) is 20.8 Å². The third-order valence-corrected chi connectivity index (χ3v) is 3.15. The molecule has 5 heteroatoms. The summed E-state index contributed by atoms with van der Waals surface area (Å²) in [5.41, 5.74) is 6.64. The summed E-state index contributed by atoms with van der Waals surface area (Å²) >= 11 is 0. The number of rotatable bonds is 7. The van der Waals surface area contributed by atoms with E-state index < -0.39 is 0 Å². The summed E-state index contributed by atoms with van der Waals surface area (Å²) in [5, 5.41) is 12.0. The number of hydrogen-bond donors (Lipinski definition) is 3. The molecule has 1 atom stereocenters. The molecule has 0 saturated carbocycles. The van der Waals surface area contributed by atoms with Crippen molar-refractivity contribution in [3.05, 3.63) is 23.8 Å². The number of nitrogens with one attached hydrogen (secondary N) is 1. The molecular weight excluding hydrogens is 256 g/mol. The van der Waals surface area contributed by atoms with E-state index in [1.165, 1.54) is 0 Å². The first-order valence-corrected chi connectivity index (χ1v) is 6.94. The summed E-state index contributed by atoms with van der Waals surface area (Å²) in [7, 11) is 0. The Balaban J connectivity index is 2.96. The van der Waals surface area contributed by atoms with Gasteiger partial charge in [-0.05, 0) is 31.4 Å². The smallest absolute Gasteiger partial charge is 0.257 e. The number of ether oxygens (including phenoxy) is 1. The first-order chi connectivity index (χ1) is 9.51. The van der Waals surface area contributed by atoms with Gasteiger partial charge in [-0.1, -0.05) is 19.9 Å². The van der Waals surface area contributed by atoms with Crippen molar-refractivity contribution in [2.75, 3.05) is 18.9 Å². The van der Waals surface area contributed by atoms with Crippen LogP contribution in [0.25, 0.3) is 0 Å². The van der Waals surface area contributed by atoms with Gasteiger partial charge in [-0.25, -0.2) is 0 Å². The minimum Gasteiger partial charge on any atom is -0.493 e. The van der Waals surface area contributed by atoms with Gasteiger partial charge in [-0.15, -0.1) is 0 Å². The van der Waals surface area contributed by atoms with Crippen LogP contribution >= 0.6 is 0 Å². The van der Waals surface area contributed by atoms with Gasteiger partial charge in [0.15, 0.2) is 0 Å². The van der Waals surface area contributed by atoms with Gasteiger partial charge < -0.3 is 20.9 Å². The van der Waals surface area contributed by atoms with E-state index in [0.717, 1.165) is 0 Å². The summed E-state index contributed by atoms with van der Waals surface area (Å²) < 4.78 is 5.45. The third kappa shape index (κ3) is 4.13. The van der Waals surface area contributed by atoms with E-state index in [-0.39, 0.29) is 24.5 Å². The Labute approximate surface area is 120 Å². The largest absolute Gasteiger partial charge is 0.493 e. The second-order valence-corrected chi connectivity index (χ2v) is 4.99. The van der Waals surface area contributed by atoms with Gasteiger partial charge in [0.05, 0.1) is 6.61 Å². The van der Waals surface area contributed by atoms with Crippen molar-refractivity contribution >= 4 is 11.6 Å². The lowest BCUT2D eigenvalue weighted by molar-refractivity contribution is 0.0914. The molecule has 0 radical (unpaired) electrons. The summed E-state index contributed by atoms with van der Waals surface area (Å²) in [6.45, 7) is 6.35. The molecule has 0 aliphatic rings. The van der Waals surface area contributed by atoms with Gasteiger partial charge in [-0.3, -0.25) is 4.79 Å². The second kappa shape index (κ2) is 7.75. The van der Waals surface area contributed by atoms with Gasteiger partial charge >= 0.3 is 0 Å². The Morgan fingerprint density at radius 2 is 2.15 bits per heavy atom. The number of hydrogen-bond acceptors (Lipinski definition) is 4. The second-order valence-electron chi connectivity index (χ2n) is 4.99. The lowest BCUT2D eigenvalue weighted by Crippen LogP contribution is -2.39. The minimum atomic E-state index is -0.265. The standard InChI is InChI=1S/C15H24N2O3/c1-4-20-13-7-5-6-11(16)14(13)15(19)17-12(8-9-18)10(2)3/h5-7,10,12,18H,4,8-9,16H2,1-3H3,(H,17,19). The van der Waals surface area contributed by atoms with Crippen molar-refractivity contribution in [2.24, 2.45) is 5.92 Å². The summed E-state index contributed by atoms with van der Waals surface area (Å²) in [6.07, 6.45) is 0.514. The van der Waals surface area contributed by atoms with Crippen molar-refractivity contribution < 1.29 is 14.6 Å². The van der Waals surface area contributed by atoms with Gasteiger partial charge in [0.25, 0.3) is 5.91 Å². The average molecular weight is 280 g/mol. The molecule has 1 aromatic rings. The van der Waals surface area contributed by atoms with Crippen LogP contribution in [0, 0.1) is 5.92 Å². The average Bonchev–Trinajstić information content (AvgIpc) is 2.38. The predicted molar refractivity (Wildman–Crippen MR) is 79.8 cm³/mol. The summed E-state index contributed by atoms with van der Waals surface area (Å²) in [5.74, 6) is 0.446. The third-order valence-electron chi connectivity index (χ3n) is 3.15. The molecule has 1 rings (SSSR count). The number of aliphatic hydroxyl groups is 1. The van der Waals surface area contributed by atoms with Gasteiger partial charge in [-0.2, -0.15) is 0 Å². The van der Waals surface area contributed by atoms with Crippen molar-refractivity contribution in [2.45, 2.75) is 33.2 Å². The van der Waals surface area contributed by atoms with Crippen LogP contribution < -0.4 is 15.8 Å². The maximum atomic E-state index is 12.4. The molecule has 0 heterocycles. The highest BCUT2D eigenvalue weighted by Gasteiger charge is 2.21. The number of amides is 1. The zero-order valence-electron chi connectivity index (χ0n) is 12.3. The fraction of sp³-hybridized carbons (Fsp3) is 0.533. The molecule has 112 valence electrons. The Hall–Kier alpha value is -1.75. The van der Waals surface area contributed by atoms with E-state index in [4.69, 9.17) is 15.6 Å². The molecule has 0 aliphatic heterocycles. The predicted octanol–water partition coefficient (Wildman–Crippen LogP) is 1.80. The quantitative estimate of drug-likeness (QED) is 0.665. The molecule has 0 fully saturated rings. The molecule has 0 aliphatic carbocycles. The summed E-state index contributed by atoms with van der Waals surface area (Å²) in [4.78, 5) is 12.4. The molecule has 0 aromatic heterocycles. The Morgan fingerprint density at radius 1 is 1.45 bits per heavy atom. The van der Waals surface area contributed by atoms with E-state index in [2.05, 4.69) is 5.32 Å². The Kier molecular flexibility index (Phi) is 6.31. The van der Waals surface area contributed by atoms with Gasteiger partial charge in [0.1, 0.15) is 11.3 Å². The highest BCUT2D eigenvalue weighted by Crippen LogP contribution is 2.25. The van der Waals surface area contributed by atoms with E-state index in [0.29, 0.717) is 30.0 Å². The molecular formula is C15H24N2O3. The number of anilines is 1. The lowest BCUT2D eigenvalue weighted by atomic mass is 10.0. The SMILES string of the molecule is CCOc1cccc(N)c1C(=O)NC(CCO)C(C)C. The number of carbonyl (C=O) groups is 1. The monoisotopic (exact) mass is 280 g/mol. The van der Waals surface area contributed by atoms with Crippen LogP contribution in [-0.4, -0.2) is 30.3 Å². The molecule has 0 spiro atoms.